The van der Waals surface area contributed by atoms with Crippen LogP contribution in [0.1, 0.15) is 34.5 Å². The van der Waals surface area contributed by atoms with Crippen molar-refractivity contribution in [3.63, 3.8) is 0 Å². The van der Waals surface area contributed by atoms with Crippen molar-refractivity contribution in [2.75, 3.05) is 31.1 Å². The molecule has 1 N–H and O–H groups in total. The topological polar surface area (TPSA) is 98.7 Å². The Morgan fingerprint density at radius 1 is 1.09 bits per heavy atom. The van der Waals surface area contributed by atoms with E-state index in [4.69, 9.17) is 11.6 Å². The number of piperazine rings is 1. The Morgan fingerprint density at radius 3 is 2.58 bits per heavy atom. The molecule has 2 aromatic rings. The van der Waals surface area contributed by atoms with Crippen LogP contribution in [0, 0.1) is 5.82 Å². The summed E-state index contributed by atoms with van der Waals surface area (Å²) in [5.41, 5.74) is 2.12. The van der Waals surface area contributed by atoms with Crippen molar-refractivity contribution >= 4 is 35.0 Å². The molecule has 0 spiro atoms. The number of nitrogens with one attached hydrogen (secondary N) is 1. The van der Waals surface area contributed by atoms with E-state index in [-0.39, 0.29) is 36.8 Å². The summed E-state index contributed by atoms with van der Waals surface area (Å²) in [5.74, 6) is -1.66. The Hall–Kier alpha value is -3.11. The predicted molar refractivity (Wildman–Crippen MR) is 117 cm³/mol. The van der Waals surface area contributed by atoms with Crippen LogP contribution in [0.3, 0.4) is 0 Å². The van der Waals surface area contributed by atoms with Crippen LogP contribution >= 0.6 is 11.6 Å². The summed E-state index contributed by atoms with van der Waals surface area (Å²) >= 11 is 6.11. The third kappa shape index (κ3) is 4.16. The van der Waals surface area contributed by atoms with Gasteiger partial charge in [0, 0.05) is 63.6 Å². The Labute approximate surface area is 194 Å². The van der Waals surface area contributed by atoms with Crippen molar-refractivity contribution in [1.82, 2.24) is 25.1 Å². The van der Waals surface area contributed by atoms with Crippen molar-refractivity contribution < 1.29 is 18.8 Å². The van der Waals surface area contributed by atoms with Crippen LogP contribution in [-0.2, 0) is 22.7 Å². The SMILES string of the molecule is O=C1CCC(N2Cc3cc(N4CCN(Cc5nccnc5Cl)CC4)c(F)cc3C2=O)C(=O)N1. The standard InChI is InChI=1S/C22H22ClFN6O3/c23-20-16(25-3-4-26-20)12-28-5-7-29(8-6-28)18-9-13-11-30(22(33)14(13)10-15(18)24)17-1-2-19(31)27-21(17)32/h3-4,9-10,17H,1-2,5-8,11-12H2,(H,27,31,32). The van der Waals surface area contributed by atoms with Crippen LogP contribution in [0.4, 0.5) is 10.1 Å². The molecule has 0 radical (unpaired) electrons. The van der Waals surface area contributed by atoms with Crippen molar-refractivity contribution in [3.05, 3.63) is 52.3 Å². The number of benzene rings is 1. The minimum Gasteiger partial charge on any atom is -0.367 e. The fourth-order valence-electron chi connectivity index (χ4n) is 4.63. The molecule has 11 heteroatoms. The van der Waals surface area contributed by atoms with Crippen molar-refractivity contribution in [2.45, 2.75) is 32.0 Å². The largest absolute Gasteiger partial charge is 0.367 e. The number of carbonyl (C=O) groups is 3. The highest BCUT2D eigenvalue weighted by atomic mass is 35.5. The van der Waals surface area contributed by atoms with Gasteiger partial charge in [0.25, 0.3) is 5.91 Å². The lowest BCUT2D eigenvalue weighted by Crippen LogP contribution is -2.52. The van der Waals surface area contributed by atoms with Gasteiger partial charge >= 0.3 is 0 Å². The van der Waals surface area contributed by atoms with Crippen molar-refractivity contribution in [1.29, 1.82) is 0 Å². The number of fused-ring (bicyclic) bond motifs is 1. The van der Waals surface area contributed by atoms with E-state index in [9.17, 15) is 14.4 Å². The molecule has 1 atom stereocenters. The molecule has 3 aliphatic heterocycles. The summed E-state index contributed by atoms with van der Waals surface area (Å²) in [7, 11) is 0. The van der Waals surface area contributed by atoms with Gasteiger partial charge in [0.1, 0.15) is 11.9 Å². The number of halogens is 2. The number of rotatable bonds is 4. The van der Waals surface area contributed by atoms with E-state index in [1.807, 2.05) is 4.90 Å². The smallest absolute Gasteiger partial charge is 0.255 e. The molecule has 1 aromatic heterocycles. The third-order valence-corrected chi connectivity index (χ3v) is 6.72. The first-order valence-electron chi connectivity index (χ1n) is 10.8. The average Bonchev–Trinajstić information content (AvgIpc) is 3.11. The molecule has 1 aromatic carbocycles. The van der Waals surface area contributed by atoms with Gasteiger partial charge in [-0.1, -0.05) is 11.6 Å². The predicted octanol–water partition coefficient (Wildman–Crippen LogP) is 1.35. The Bertz CT molecular complexity index is 1140. The second-order valence-electron chi connectivity index (χ2n) is 8.42. The highest BCUT2D eigenvalue weighted by Gasteiger charge is 2.40. The maximum Gasteiger partial charge on any atom is 0.255 e. The molecule has 33 heavy (non-hydrogen) atoms. The first-order chi connectivity index (χ1) is 15.9. The molecule has 5 rings (SSSR count). The molecule has 0 bridgehead atoms. The molecule has 9 nitrogen and oxygen atoms in total. The average molecular weight is 473 g/mol. The number of imide groups is 1. The summed E-state index contributed by atoms with van der Waals surface area (Å²) in [5, 5.41) is 2.66. The van der Waals surface area contributed by atoms with E-state index in [0.717, 1.165) is 0 Å². The van der Waals surface area contributed by atoms with Gasteiger partial charge in [0.15, 0.2) is 5.15 Å². The van der Waals surface area contributed by atoms with E-state index in [2.05, 4.69) is 20.2 Å². The normalized spacial score (nSPS) is 21.4. The molecule has 1 unspecified atom stereocenters. The molecule has 2 fully saturated rings. The number of anilines is 1. The van der Waals surface area contributed by atoms with Gasteiger partial charge in [-0.15, -0.1) is 0 Å². The van der Waals surface area contributed by atoms with Gasteiger partial charge in [-0.25, -0.2) is 9.37 Å². The van der Waals surface area contributed by atoms with Crippen LogP contribution in [0.2, 0.25) is 5.15 Å². The Morgan fingerprint density at radius 2 is 1.85 bits per heavy atom. The number of piperidine rings is 1. The van der Waals surface area contributed by atoms with E-state index >= 15 is 4.39 Å². The number of amides is 3. The monoisotopic (exact) mass is 472 g/mol. The maximum absolute atomic E-state index is 15.0. The van der Waals surface area contributed by atoms with Gasteiger partial charge in [0.05, 0.1) is 11.4 Å². The molecule has 3 aliphatic rings. The van der Waals surface area contributed by atoms with Gasteiger partial charge in [0.2, 0.25) is 11.8 Å². The maximum atomic E-state index is 15.0. The van der Waals surface area contributed by atoms with Crippen LogP contribution in [0.25, 0.3) is 0 Å². The lowest BCUT2D eigenvalue weighted by atomic mass is 10.0. The minimum absolute atomic E-state index is 0.181. The summed E-state index contributed by atoms with van der Waals surface area (Å²) in [4.78, 5) is 50.4. The second kappa shape index (κ2) is 8.68. The van der Waals surface area contributed by atoms with Crippen molar-refractivity contribution in [2.24, 2.45) is 0 Å². The quantitative estimate of drug-likeness (QED) is 0.671. The number of nitrogens with zero attached hydrogens (tertiary/aromatic N) is 5. The molecule has 0 saturated carbocycles. The van der Waals surface area contributed by atoms with E-state index in [0.29, 0.717) is 54.8 Å². The lowest BCUT2D eigenvalue weighted by Gasteiger charge is -2.36. The minimum atomic E-state index is -0.717. The van der Waals surface area contributed by atoms with Crippen LogP contribution in [-0.4, -0.2) is 69.7 Å². The van der Waals surface area contributed by atoms with Crippen LogP contribution in [0.15, 0.2) is 24.5 Å². The molecular weight excluding hydrogens is 451 g/mol. The second-order valence-corrected chi connectivity index (χ2v) is 8.78. The van der Waals surface area contributed by atoms with Gasteiger partial charge in [-0.05, 0) is 24.1 Å². The zero-order valence-electron chi connectivity index (χ0n) is 17.8. The summed E-state index contributed by atoms with van der Waals surface area (Å²) in [6.07, 6.45) is 3.61. The summed E-state index contributed by atoms with van der Waals surface area (Å²) in [6.45, 7) is 3.41. The fraction of sp³-hybridized carbons (Fsp3) is 0.409. The highest BCUT2D eigenvalue weighted by molar-refractivity contribution is 6.29. The third-order valence-electron chi connectivity index (χ3n) is 6.40. The summed E-state index contributed by atoms with van der Waals surface area (Å²) < 4.78 is 15.0. The first kappa shape index (κ1) is 21.7. The molecule has 4 heterocycles. The number of hydrogen-bond donors (Lipinski definition) is 1. The molecular formula is C22H22ClFN6O3. The Kier molecular flexibility index (Phi) is 5.71. The number of carbonyl (C=O) groups excluding carboxylic acids is 3. The first-order valence-corrected chi connectivity index (χ1v) is 11.2. The fourth-order valence-corrected chi connectivity index (χ4v) is 4.80. The van der Waals surface area contributed by atoms with Crippen LogP contribution < -0.4 is 10.2 Å². The van der Waals surface area contributed by atoms with Crippen molar-refractivity contribution in [3.8, 4) is 0 Å². The Balaban J connectivity index is 1.27. The zero-order valence-corrected chi connectivity index (χ0v) is 18.5. The van der Waals surface area contributed by atoms with Gasteiger partial charge < -0.3 is 9.80 Å². The molecule has 172 valence electrons. The van der Waals surface area contributed by atoms with E-state index in [1.165, 1.54) is 11.0 Å². The van der Waals surface area contributed by atoms with Gasteiger partial charge in [-0.2, -0.15) is 0 Å². The van der Waals surface area contributed by atoms with E-state index in [1.54, 1.807) is 18.5 Å². The highest BCUT2D eigenvalue weighted by Crippen LogP contribution is 2.33. The van der Waals surface area contributed by atoms with Crippen LogP contribution in [0.5, 0.6) is 0 Å². The van der Waals surface area contributed by atoms with E-state index < -0.39 is 17.8 Å². The molecule has 0 aliphatic carbocycles. The van der Waals surface area contributed by atoms with Gasteiger partial charge in [-0.3, -0.25) is 29.6 Å². The molecule has 3 amide bonds. The number of hydrogen-bond acceptors (Lipinski definition) is 7. The number of aromatic nitrogens is 2. The lowest BCUT2D eigenvalue weighted by molar-refractivity contribution is -0.136. The molecule has 2 saturated heterocycles. The summed E-state index contributed by atoms with van der Waals surface area (Å²) in [6, 6.07) is 2.26. The zero-order chi connectivity index (χ0) is 23.1.